The molecule has 0 radical (unpaired) electrons. The molecule has 2 heterocycles. The van der Waals surface area contributed by atoms with Gasteiger partial charge < -0.3 is 13.9 Å². The molecule has 0 atom stereocenters. The van der Waals surface area contributed by atoms with E-state index in [0.717, 1.165) is 44.7 Å². The fraction of sp³-hybridized carbons (Fsp3) is 0. The second-order valence-electron chi connectivity index (χ2n) is 14.1. The molecule has 0 aliphatic heterocycles. The van der Waals surface area contributed by atoms with Gasteiger partial charge in [-0.25, -0.2) is 0 Å². The Morgan fingerprint density at radius 2 is 0.873 bits per heavy atom. The molecule has 2 aromatic heterocycles. The fourth-order valence-electron chi connectivity index (χ4n) is 8.44. The zero-order valence-corrected chi connectivity index (χ0v) is 29.9. The molecule has 0 saturated carbocycles. The lowest BCUT2D eigenvalue weighted by Gasteiger charge is -2.27. The van der Waals surface area contributed by atoms with Gasteiger partial charge in [-0.3, -0.25) is 0 Å². The molecule has 0 spiro atoms. The summed E-state index contributed by atoms with van der Waals surface area (Å²) in [5.74, 6) is 0. The number of hydrogen-bond acceptors (Lipinski definition) is 2. The molecule has 11 rings (SSSR count). The molecule has 9 aromatic carbocycles. The Labute approximate surface area is 318 Å². The molecule has 0 saturated heterocycles. The van der Waals surface area contributed by atoms with E-state index < -0.39 is 0 Å². The molecule has 3 nitrogen and oxygen atoms in total. The Hall–Kier alpha value is -7.36. The molecule has 3 heteroatoms. The van der Waals surface area contributed by atoms with Gasteiger partial charge in [-0.2, -0.15) is 0 Å². The highest BCUT2D eigenvalue weighted by Crippen LogP contribution is 2.41. The first-order chi connectivity index (χ1) is 27.3. The van der Waals surface area contributed by atoms with E-state index in [9.17, 15) is 0 Å². The second kappa shape index (κ2) is 12.6. The molecule has 0 aliphatic rings. The molecule has 0 unspecified atom stereocenters. The second-order valence-corrected chi connectivity index (χ2v) is 14.1. The highest BCUT2D eigenvalue weighted by atomic mass is 16.3. The van der Waals surface area contributed by atoms with Crippen molar-refractivity contribution in [3.63, 3.8) is 0 Å². The topological polar surface area (TPSA) is 21.3 Å². The van der Waals surface area contributed by atoms with E-state index >= 15 is 0 Å². The lowest BCUT2D eigenvalue weighted by Crippen LogP contribution is -2.10. The first-order valence-corrected chi connectivity index (χ1v) is 18.8. The third-order valence-corrected chi connectivity index (χ3v) is 11.0. The average Bonchev–Trinajstić information content (AvgIpc) is 3.81. The van der Waals surface area contributed by atoms with Crippen molar-refractivity contribution < 1.29 is 4.42 Å². The quantitative estimate of drug-likeness (QED) is 0.172. The van der Waals surface area contributed by atoms with Gasteiger partial charge in [-0.1, -0.05) is 140 Å². The Balaban J connectivity index is 0.975. The Kier molecular flexibility index (Phi) is 7.17. The van der Waals surface area contributed by atoms with Crippen molar-refractivity contribution in [3.05, 3.63) is 206 Å². The SMILES string of the molecule is c1ccc2c(N(c3ccc(-c4ccc(-c5cccc6oc7ccccc7c56)cc4)cc3)c3ccc(-n4c5ccccc5c5ccccc54)cc3)cccc2c1. The number of benzene rings is 9. The number of hydrogen-bond donors (Lipinski definition) is 0. The van der Waals surface area contributed by atoms with Crippen LogP contribution in [0.15, 0.2) is 211 Å². The molecule has 0 amide bonds. The summed E-state index contributed by atoms with van der Waals surface area (Å²) in [4.78, 5) is 2.38. The number of furan rings is 1. The van der Waals surface area contributed by atoms with Crippen LogP contribution in [0.3, 0.4) is 0 Å². The average molecular weight is 703 g/mol. The van der Waals surface area contributed by atoms with Gasteiger partial charge in [0, 0.05) is 44.0 Å². The molecule has 11 aromatic rings. The molecule has 0 bridgehead atoms. The zero-order valence-electron chi connectivity index (χ0n) is 29.9. The number of fused-ring (bicyclic) bond motifs is 7. The predicted octanol–water partition coefficient (Wildman–Crippen LogP) is 14.6. The third kappa shape index (κ3) is 5.13. The van der Waals surface area contributed by atoms with Crippen LogP contribution in [0.25, 0.3) is 82.5 Å². The van der Waals surface area contributed by atoms with E-state index in [1.54, 1.807) is 0 Å². The van der Waals surface area contributed by atoms with Gasteiger partial charge in [0.15, 0.2) is 0 Å². The number of para-hydroxylation sites is 3. The zero-order chi connectivity index (χ0) is 36.3. The summed E-state index contributed by atoms with van der Waals surface area (Å²) < 4.78 is 8.54. The summed E-state index contributed by atoms with van der Waals surface area (Å²) in [6, 6.07) is 73.9. The Bertz CT molecular complexity index is 3130. The number of aromatic nitrogens is 1. The van der Waals surface area contributed by atoms with E-state index in [-0.39, 0.29) is 0 Å². The van der Waals surface area contributed by atoms with E-state index in [2.05, 4.69) is 204 Å². The third-order valence-electron chi connectivity index (χ3n) is 11.0. The van der Waals surface area contributed by atoms with Crippen molar-refractivity contribution in [2.24, 2.45) is 0 Å². The van der Waals surface area contributed by atoms with Gasteiger partial charge in [-0.05, 0) is 94.4 Å². The van der Waals surface area contributed by atoms with Crippen molar-refractivity contribution in [2.45, 2.75) is 0 Å². The molecule has 258 valence electrons. The lowest BCUT2D eigenvalue weighted by atomic mass is 9.97. The monoisotopic (exact) mass is 702 g/mol. The number of rotatable bonds is 6. The normalized spacial score (nSPS) is 11.6. The Morgan fingerprint density at radius 1 is 0.364 bits per heavy atom. The van der Waals surface area contributed by atoms with Crippen LogP contribution in [-0.4, -0.2) is 4.57 Å². The molecule has 55 heavy (non-hydrogen) atoms. The molecule has 0 N–H and O–H groups in total. The van der Waals surface area contributed by atoms with Gasteiger partial charge in [-0.15, -0.1) is 0 Å². The van der Waals surface area contributed by atoms with Gasteiger partial charge >= 0.3 is 0 Å². The predicted molar refractivity (Wildman–Crippen MR) is 231 cm³/mol. The van der Waals surface area contributed by atoms with Crippen LogP contribution < -0.4 is 4.90 Å². The summed E-state index contributed by atoms with van der Waals surface area (Å²) in [6.07, 6.45) is 0. The smallest absolute Gasteiger partial charge is 0.136 e. The van der Waals surface area contributed by atoms with Crippen molar-refractivity contribution in [1.82, 2.24) is 4.57 Å². The molecular weight excluding hydrogens is 669 g/mol. The van der Waals surface area contributed by atoms with Crippen LogP contribution in [0.4, 0.5) is 17.1 Å². The van der Waals surface area contributed by atoms with Crippen LogP contribution in [-0.2, 0) is 0 Å². The van der Waals surface area contributed by atoms with E-state index in [0.29, 0.717) is 0 Å². The number of nitrogens with zero attached hydrogens (tertiary/aromatic N) is 2. The van der Waals surface area contributed by atoms with Crippen LogP contribution in [0, 0.1) is 0 Å². The minimum absolute atomic E-state index is 0.912. The first-order valence-electron chi connectivity index (χ1n) is 18.8. The van der Waals surface area contributed by atoms with Gasteiger partial charge in [0.2, 0.25) is 0 Å². The summed E-state index contributed by atoms with van der Waals surface area (Å²) in [7, 11) is 0. The van der Waals surface area contributed by atoms with Crippen molar-refractivity contribution in [1.29, 1.82) is 0 Å². The highest BCUT2D eigenvalue weighted by Gasteiger charge is 2.18. The van der Waals surface area contributed by atoms with Crippen molar-refractivity contribution in [3.8, 4) is 27.9 Å². The minimum Gasteiger partial charge on any atom is -0.456 e. The van der Waals surface area contributed by atoms with Crippen LogP contribution in [0.5, 0.6) is 0 Å². The fourth-order valence-corrected chi connectivity index (χ4v) is 8.44. The molecule has 0 aliphatic carbocycles. The van der Waals surface area contributed by atoms with Crippen molar-refractivity contribution in [2.75, 3.05) is 4.90 Å². The largest absolute Gasteiger partial charge is 0.456 e. The van der Waals surface area contributed by atoms with Crippen LogP contribution in [0.2, 0.25) is 0 Å². The first kappa shape index (κ1) is 31.2. The molecule has 0 fully saturated rings. The van der Waals surface area contributed by atoms with Crippen LogP contribution >= 0.6 is 0 Å². The Morgan fingerprint density at radius 3 is 1.58 bits per heavy atom. The van der Waals surface area contributed by atoms with Gasteiger partial charge in [0.1, 0.15) is 11.2 Å². The maximum atomic E-state index is 6.17. The highest BCUT2D eigenvalue weighted by molar-refractivity contribution is 6.12. The van der Waals surface area contributed by atoms with Crippen LogP contribution in [0.1, 0.15) is 0 Å². The number of anilines is 3. The standard InChI is InChI=1S/C52H34N2O/c1-2-13-42-37(11-1)12-9-20-47(42)53(40-31-33-41(34-32-40)54-48-18-6-3-14-44(48)45-15-4-7-19-49(45)54)39-29-27-36(28-30-39)35-23-25-38(26-24-35)43-17-10-22-51-52(43)46-16-5-8-21-50(46)55-51/h1-34H. The summed E-state index contributed by atoms with van der Waals surface area (Å²) in [5, 5.41) is 7.24. The molecular formula is C52H34N2O. The summed E-state index contributed by atoms with van der Waals surface area (Å²) in [6.45, 7) is 0. The van der Waals surface area contributed by atoms with Gasteiger partial charge in [0.05, 0.1) is 16.7 Å². The maximum absolute atomic E-state index is 6.17. The summed E-state index contributed by atoms with van der Waals surface area (Å²) in [5.41, 5.74) is 13.4. The maximum Gasteiger partial charge on any atom is 0.136 e. The van der Waals surface area contributed by atoms with E-state index in [1.807, 2.05) is 12.1 Å². The van der Waals surface area contributed by atoms with Gasteiger partial charge in [0.25, 0.3) is 0 Å². The lowest BCUT2D eigenvalue weighted by molar-refractivity contribution is 0.669. The van der Waals surface area contributed by atoms with E-state index in [1.165, 1.54) is 54.8 Å². The summed E-state index contributed by atoms with van der Waals surface area (Å²) >= 11 is 0. The minimum atomic E-state index is 0.912. The van der Waals surface area contributed by atoms with Crippen molar-refractivity contribution >= 4 is 71.6 Å². The van der Waals surface area contributed by atoms with E-state index in [4.69, 9.17) is 4.42 Å².